The Morgan fingerprint density at radius 1 is 1.10 bits per heavy atom. The number of nitrogens with one attached hydrogen (secondary N) is 3. The van der Waals surface area contributed by atoms with Crippen LogP contribution in [0.1, 0.15) is 70.3 Å². The SMILES string of the molecule is CC[C@@H](Nc1nc(NCC2CCCCC2)nc2c(C3=CCNCC3)cccc12)C1CC1. The first kappa shape index (κ1) is 20.7. The highest BCUT2D eigenvalue weighted by atomic mass is 15.2. The second-order valence-corrected chi connectivity index (χ2v) is 9.66. The van der Waals surface area contributed by atoms with Gasteiger partial charge < -0.3 is 16.0 Å². The molecule has 0 spiro atoms. The second kappa shape index (κ2) is 9.56. The van der Waals surface area contributed by atoms with Gasteiger partial charge in [0, 0.05) is 30.1 Å². The van der Waals surface area contributed by atoms with E-state index >= 15 is 0 Å². The van der Waals surface area contributed by atoms with Gasteiger partial charge in [-0.25, -0.2) is 4.98 Å². The Hall–Kier alpha value is -2.14. The van der Waals surface area contributed by atoms with Gasteiger partial charge in [0.25, 0.3) is 0 Å². The summed E-state index contributed by atoms with van der Waals surface area (Å²) in [4.78, 5) is 10.1. The lowest BCUT2D eigenvalue weighted by Gasteiger charge is -2.23. The zero-order chi connectivity index (χ0) is 21.0. The molecule has 0 unspecified atom stereocenters. The van der Waals surface area contributed by atoms with Crippen LogP contribution in [-0.4, -0.2) is 35.6 Å². The standard InChI is InChI=1S/C26H37N5/c1-2-23(20-11-12-20)29-25-22-10-6-9-21(19-13-15-27-16-14-19)24(22)30-26(31-25)28-17-18-7-4-3-5-8-18/h6,9-10,13,18,20,23,27H,2-5,7-8,11-12,14-17H2,1H3,(H2,28,29,30,31)/t23-/m1/s1. The molecule has 31 heavy (non-hydrogen) atoms. The molecule has 166 valence electrons. The van der Waals surface area contributed by atoms with Crippen molar-refractivity contribution in [1.29, 1.82) is 0 Å². The summed E-state index contributed by atoms with van der Waals surface area (Å²) in [5, 5.41) is 12.0. The first-order valence-electron chi connectivity index (χ1n) is 12.5. The van der Waals surface area contributed by atoms with Crippen LogP contribution in [0.15, 0.2) is 24.3 Å². The van der Waals surface area contributed by atoms with Crippen molar-refractivity contribution >= 4 is 28.2 Å². The topological polar surface area (TPSA) is 61.9 Å². The van der Waals surface area contributed by atoms with Gasteiger partial charge in [-0.05, 0) is 68.5 Å². The summed E-state index contributed by atoms with van der Waals surface area (Å²) in [6.07, 6.45) is 14.0. The number of para-hydroxylation sites is 1. The Morgan fingerprint density at radius 2 is 1.97 bits per heavy atom. The van der Waals surface area contributed by atoms with E-state index < -0.39 is 0 Å². The minimum Gasteiger partial charge on any atom is -0.366 e. The number of hydrogen-bond acceptors (Lipinski definition) is 5. The summed E-state index contributed by atoms with van der Waals surface area (Å²) < 4.78 is 0. The van der Waals surface area contributed by atoms with E-state index in [9.17, 15) is 0 Å². The van der Waals surface area contributed by atoms with E-state index in [1.807, 2.05) is 0 Å². The third-order valence-corrected chi connectivity index (χ3v) is 7.36. The third-order valence-electron chi connectivity index (χ3n) is 7.36. The number of fused-ring (bicyclic) bond motifs is 1. The molecule has 1 aliphatic heterocycles. The highest BCUT2D eigenvalue weighted by Gasteiger charge is 2.30. The summed E-state index contributed by atoms with van der Waals surface area (Å²) in [6.45, 7) is 5.24. The lowest BCUT2D eigenvalue weighted by molar-refractivity contribution is 0.373. The summed E-state index contributed by atoms with van der Waals surface area (Å²) in [7, 11) is 0. The largest absolute Gasteiger partial charge is 0.366 e. The molecule has 2 aromatic rings. The lowest BCUT2D eigenvalue weighted by atomic mass is 9.89. The van der Waals surface area contributed by atoms with Gasteiger partial charge in [0.1, 0.15) is 5.82 Å². The van der Waals surface area contributed by atoms with Gasteiger partial charge in [0.05, 0.1) is 5.52 Å². The maximum Gasteiger partial charge on any atom is 0.225 e. The maximum absolute atomic E-state index is 5.07. The average Bonchev–Trinajstić information content (AvgIpc) is 3.67. The second-order valence-electron chi connectivity index (χ2n) is 9.66. The Kier molecular flexibility index (Phi) is 6.40. The van der Waals surface area contributed by atoms with Crippen molar-refractivity contribution in [2.45, 2.75) is 70.8 Å². The molecule has 0 radical (unpaired) electrons. The number of aromatic nitrogens is 2. The molecule has 3 N–H and O–H groups in total. The monoisotopic (exact) mass is 419 g/mol. The van der Waals surface area contributed by atoms with Crippen molar-refractivity contribution in [3.8, 4) is 0 Å². The predicted octanol–water partition coefficient (Wildman–Crippen LogP) is 5.60. The summed E-state index contributed by atoms with van der Waals surface area (Å²) in [5.74, 6) is 3.34. The number of nitrogens with zero attached hydrogens (tertiary/aromatic N) is 2. The molecular weight excluding hydrogens is 382 g/mol. The minimum atomic E-state index is 0.506. The fourth-order valence-electron chi connectivity index (χ4n) is 5.32. The molecule has 0 saturated heterocycles. The molecule has 1 aromatic carbocycles. The third kappa shape index (κ3) is 4.87. The Morgan fingerprint density at radius 3 is 2.71 bits per heavy atom. The molecule has 5 rings (SSSR count). The molecule has 3 aliphatic rings. The van der Waals surface area contributed by atoms with Crippen LogP contribution < -0.4 is 16.0 Å². The van der Waals surface area contributed by atoms with Crippen molar-refractivity contribution in [1.82, 2.24) is 15.3 Å². The van der Waals surface area contributed by atoms with E-state index in [4.69, 9.17) is 9.97 Å². The predicted molar refractivity (Wildman–Crippen MR) is 130 cm³/mol. The van der Waals surface area contributed by atoms with E-state index in [1.54, 1.807) is 0 Å². The number of rotatable bonds is 8. The number of hydrogen-bond donors (Lipinski definition) is 3. The zero-order valence-corrected chi connectivity index (χ0v) is 18.9. The smallest absolute Gasteiger partial charge is 0.225 e. The lowest BCUT2D eigenvalue weighted by Crippen LogP contribution is -2.23. The van der Waals surface area contributed by atoms with Crippen LogP contribution in [0.2, 0.25) is 0 Å². The number of anilines is 2. The molecule has 5 nitrogen and oxygen atoms in total. The van der Waals surface area contributed by atoms with Crippen molar-refractivity contribution in [2.24, 2.45) is 11.8 Å². The van der Waals surface area contributed by atoms with Crippen LogP contribution in [0.4, 0.5) is 11.8 Å². The first-order chi connectivity index (χ1) is 15.3. The quantitative estimate of drug-likeness (QED) is 0.520. The van der Waals surface area contributed by atoms with Gasteiger partial charge in [0.15, 0.2) is 0 Å². The van der Waals surface area contributed by atoms with Crippen LogP contribution in [0.3, 0.4) is 0 Å². The van der Waals surface area contributed by atoms with E-state index in [1.165, 1.54) is 56.1 Å². The van der Waals surface area contributed by atoms with E-state index in [0.29, 0.717) is 6.04 Å². The van der Waals surface area contributed by atoms with Gasteiger partial charge in [-0.3, -0.25) is 0 Å². The van der Waals surface area contributed by atoms with Crippen molar-refractivity contribution in [2.75, 3.05) is 30.3 Å². The molecule has 1 aromatic heterocycles. The Balaban J connectivity index is 1.49. The van der Waals surface area contributed by atoms with Crippen molar-refractivity contribution < 1.29 is 0 Å². The molecule has 2 fully saturated rings. The van der Waals surface area contributed by atoms with Crippen molar-refractivity contribution in [3.05, 3.63) is 29.8 Å². The molecule has 1 atom stereocenters. The van der Waals surface area contributed by atoms with E-state index in [-0.39, 0.29) is 0 Å². The molecule has 2 saturated carbocycles. The molecule has 0 amide bonds. The van der Waals surface area contributed by atoms with E-state index in [2.05, 4.69) is 47.1 Å². The highest BCUT2D eigenvalue weighted by molar-refractivity contribution is 5.97. The van der Waals surface area contributed by atoms with Gasteiger partial charge in [-0.15, -0.1) is 0 Å². The molecule has 2 aliphatic carbocycles. The Bertz CT molecular complexity index is 927. The normalized spacial score (nSPS) is 21.0. The van der Waals surface area contributed by atoms with Crippen molar-refractivity contribution in [3.63, 3.8) is 0 Å². The summed E-state index contributed by atoms with van der Waals surface area (Å²) in [6, 6.07) is 7.10. The molecule has 0 bridgehead atoms. The summed E-state index contributed by atoms with van der Waals surface area (Å²) in [5.41, 5.74) is 3.76. The fourth-order valence-corrected chi connectivity index (χ4v) is 5.32. The molecule has 5 heteroatoms. The van der Waals surface area contributed by atoms with Crippen LogP contribution in [0.5, 0.6) is 0 Å². The van der Waals surface area contributed by atoms with Gasteiger partial charge in [0.2, 0.25) is 5.95 Å². The van der Waals surface area contributed by atoms with Crippen LogP contribution in [-0.2, 0) is 0 Å². The first-order valence-corrected chi connectivity index (χ1v) is 12.5. The fraction of sp³-hybridized carbons (Fsp3) is 0.615. The van der Waals surface area contributed by atoms with E-state index in [0.717, 1.165) is 67.0 Å². The summed E-state index contributed by atoms with van der Waals surface area (Å²) >= 11 is 0. The number of benzene rings is 1. The minimum absolute atomic E-state index is 0.506. The maximum atomic E-state index is 5.07. The van der Waals surface area contributed by atoms with Crippen LogP contribution in [0, 0.1) is 11.8 Å². The van der Waals surface area contributed by atoms with Gasteiger partial charge >= 0.3 is 0 Å². The highest BCUT2D eigenvalue weighted by Crippen LogP contribution is 2.37. The molecule has 2 heterocycles. The van der Waals surface area contributed by atoms with Gasteiger partial charge in [-0.2, -0.15) is 4.98 Å². The Labute approximate surface area is 186 Å². The van der Waals surface area contributed by atoms with Crippen LogP contribution >= 0.6 is 0 Å². The molecular formula is C26H37N5. The average molecular weight is 420 g/mol. The zero-order valence-electron chi connectivity index (χ0n) is 18.9. The van der Waals surface area contributed by atoms with Crippen LogP contribution in [0.25, 0.3) is 16.5 Å². The van der Waals surface area contributed by atoms with Gasteiger partial charge in [-0.1, -0.05) is 44.4 Å².